The van der Waals surface area contributed by atoms with Gasteiger partial charge in [-0.15, -0.1) is 11.3 Å². The Bertz CT molecular complexity index is 894. The first-order valence-corrected chi connectivity index (χ1v) is 10.4. The molecule has 1 aromatic heterocycles. The molecule has 1 aliphatic heterocycles. The third-order valence-corrected chi connectivity index (χ3v) is 6.73. The number of hydrogen-bond donors (Lipinski definition) is 1. The first-order valence-electron chi connectivity index (χ1n) is 8.04. The smallest absolute Gasteiger partial charge is 0.321 e. The Labute approximate surface area is 155 Å². The number of amides is 1. The number of anilines is 1. The van der Waals surface area contributed by atoms with E-state index in [9.17, 15) is 18.0 Å². The lowest BCUT2D eigenvalue weighted by atomic mass is 10.0. The molecule has 2 heterocycles. The zero-order valence-electron chi connectivity index (χ0n) is 13.9. The van der Waals surface area contributed by atoms with Gasteiger partial charge in [-0.3, -0.25) is 9.59 Å². The summed E-state index contributed by atoms with van der Waals surface area (Å²) < 4.78 is 31.1. The van der Waals surface area contributed by atoms with Crippen LogP contribution in [0.15, 0.2) is 46.0 Å². The highest BCUT2D eigenvalue weighted by atomic mass is 32.2. The number of rotatable bonds is 6. The van der Waals surface area contributed by atoms with Crippen molar-refractivity contribution in [2.24, 2.45) is 0 Å². The summed E-state index contributed by atoms with van der Waals surface area (Å²) in [5.74, 6) is -1.13. The minimum Gasteiger partial charge on any atom is -0.455 e. The van der Waals surface area contributed by atoms with E-state index < -0.39 is 29.1 Å². The maximum Gasteiger partial charge on any atom is 0.321 e. The summed E-state index contributed by atoms with van der Waals surface area (Å²) in [4.78, 5) is 25.7. The molecule has 0 unspecified atom stereocenters. The number of nitrogens with one attached hydrogen (secondary N) is 1. The summed E-state index contributed by atoms with van der Waals surface area (Å²) in [6.45, 7) is -0.379. The number of para-hydroxylation sites is 1. The molecule has 3 rings (SSSR count). The molecule has 0 saturated carbocycles. The third kappa shape index (κ3) is 4.29. The van der Waals surface area contributed by atoms with Crippen molar-refractivity contribution in [3.8, 4) is 0 Å². The fraction of sp³-hybridized carbons (Fsp3) is 0.294. The molecule has 138 valence electrons. The molecule has 1 aromatic carbocycles. The van der Waals surface area contributed by atoms with Gasteiger partial charge < -0.3 is 9.64 Å². The molecule has 0 aliphatic carbocycles. The van der Waals surface area contributed by atoms with Gasteiger partial charge in [0.1, 0.15) is 10.8 Å². The maximum atomic E-state index is 12.4. The third-order valence-electron chi connectivity index (χ3n) is 3.93. The van der Waals surface area contributed by atoms with Crippen molar-refractivity contribution in [3.63, 3.8) is 0 Å². The Balaban J connectivity index is 1.51. The van der Waals surface area contributed by atoms with Gasteiger partial charge in [-0.05, 0) is 35.9 Å². The van der Waals surface area contributed by atoms with E-state index in [2.05, 4.69) is 4.72 Å². The van der Waals surface area contributed by atoms with E-state index in [4.69, 9.17) is 4.74 Å². The van der Waals surface area contributed by atoms with Crippen LogP contribution in [0, 0.1) is 0 Å². The van der Waals surface area contributed by atoms with Crippen LogP contribution in [0.5, 0.6) is 0 Å². The Morgan fingerprint density at radius 3 is 2.77 bits per heavy atom. The fourth-order valence-electron chi connectivity index (χ4n) is 2.71. The lowest BCUT2D eigenvalue weighted by molar-refractivity contribution is -0.146. The first-order chi connectivity index (χ1) is 12.5. The van der Waals surface area contributed by atoms with Crippen molar-refractivity contribution in [2.45, 2.75) is 17.1 Å². The van der Waals surface area contributed by atoms with Crippen LogP contribution in [0.3, 0.4) is 0 Å². The number of aryl methyl sites for hydroxylation is 1. The standard InChI is InChI=1S/C17H18N2O5S2/c20-15(19-9-3-6-13-5-1-2-7-14(13)19)12-24-16(21)11-18-26(22,23)17-8-4-10-25-17/h1-2,4-5,7-8,10,18H,3,6,9,11-12H2. The number of thiophene rings is 1. The van der Waals surface area contributed by atoms with Gasteiger partial charge in [0.15, 0.2) is 6.61 Å². The van der Waals surface area contributed by atoms with Gasteiger partial charge >= 0.3 is 5.97 Å². The quantitative estimate of drug-likeness (QED) is 0.751. The zero-order valence-corrected chi connectivity index (χ0v) is 15.5. The van der Waals surface area contributed by atoms with E-state index in [1.807, 2.05) is 24.3 Å². The van der Waals surface area contributed by atoms with Crippen molar-refractivity contribution in [2.75, 3.05) is 24.6 Å². The molecular weight excluding hydrogens is 376 g/mol. The normalized spacial score (nSPS) is 13.9. The number of carbonyl (C=O) groups excluding carboxylic acids is 2. The Morgan fingerprint density at radius 1 is 1.19 bits per heavy atom. The average Bonchev–Trinajstić information content (AvgIpc) is 3.20. The second-order valence-corrected chi connectivity index (χ2v) is 8.64. The second-order valence-electron chi connectivity index (χ2n) is 5.69. The minimum absolute atomic E-state index is 0.117. The van der Waals surface area contributed by atoms with E-state index in [-0.39, 0.29) is 10.1 Å². The van der Waals surface area contributed by atoms with Gasteiger partial charge in [0.2, 0.25) is 0 Å². The minimum atomic E-state index is -3.74. The van der Waals surface area contributed by atoms with Gasteiger partial charge in [0.05, 0.1) is 0 Å². The zero-order chi connectivity index (χ0) is 18.6. The molecule has 0 spiro atoms. The summed E-state index contributed by atoms with van der Waals surface area (Å²) in [6.07, 6.45) is 1.75. The van der Waals surface area contributed by atoms with Crippen LogP contribution in [0.25, 0.3) is 0 Å². The predicted octanol–water partition coefficient (Wildman–Crippen LogP) is 1.55. The van der Waals surface area contributed by atoms with Gasteiger partial charge in [-0.1, -0.05) is 24.3 Å². The number of benzene rings is 1. The van der Waals surface area contributed by atoms with Gasteiger partial charge in [-0.25, -0.2) is 8.42 Å². The van der Waals surface area contributed by atoms with Crippen LogP contribution in [-0.2, 0) is 30.8 Å². The largest absolute Gasteiger partial charge is 0.455 e. The monoisotopic (exact) mass is 394 g/mol. The summed E-state index contributed by atoms with van der Waals surface area (Å²) in [6, 6.07) is 10.7. The van der Waals surface area contributed by atoms with E-state index in [0.717, 1.165) is 35.4 Å². The Hall–Kier alpha value is -2.23. The van der Waals surface area contributed by atoms with E-state index >= 15 is 0 Å². The Kier molecular flexibility index (Phi) is 5.70. The Morgan fingerprint density at radius 2 is 2.00 bits per heavy atom. The van der Waals surface area contributed by atoms with Crippen molar-refractivity contribution in [3.05, 3.63) is 47.3 Å². The van der Waals surface area contributed by atoms with Crippen LogP contribution in [0.4, 0.5) is 5.69 Å². The predicted molar refractivity (Wildman–Crippen MR) is 97.6 cm³/mol. The summed E-state index contributed by atoms with van der Waals surface area (Å²) in [5.41, 5.74) is 1.92. The molecule has 1 amide bonds. The number of carbonyl (C=O) groups is 2. The molecule has 9 heteroatoms. The van der Waals surface area contributed by atoms with Gasteiger partial charge in [0, 0.05) is 12.2 Å². The van der Waals surface area contributed by atoms with E-state index in [1.165, 1.54) is 6.07 Å². The summed E-state index contributed by atoms with van der Waals surface area (Å²) >= 11 is 1.05. The number of ether oxygens (including phenoxy) is 1. The number of hydrogen-bond acceptors (Lipinski definition) is 6. The molecule has 0 saturated heterocycles. The molecule has 26 heavy (non-hydrogen) atoms. The molecule has 0 radical (unpaired) electrons. The van der Waals surface area contributed by atoms with E-state index in [1.54, 1.807) is 16.3 Å². The summed E-state index contributed by atoms with van der Waals surface area (Å²) in [7, 11) is -3.74. The van der Waals surface area contributed by atoms with Crippen LogP contribution < -0.4 is 9.62 Å². The number of sulfonamides is 1. The van der Waals surface area contributed by atoms with Crippen molar-refractivity contribution in [1.82, 2.24) is 4.72 Å². The number of fused-ring (bicyclic) bond motifs is 1. The SMILES string of the molecule is O=C(CNS(=O)(=O)c1cccs1)OCC(=O)N1CCCc2ccccc21. The van der Waals surface area contributed by atoms with Crippen LogP contribution in [0.1, 0.15) is 12.0 Å². The molecule has 0 atom stereocenters. The van der Waals surface area contributed by atoms with Crippen LogP contribution in [-0.4, -0.2) is 40.0 Å². The second kappa shape index (κ2) is 7.98. The topological polar surface area (TPSA) is 92.8 Å². The molecule has 1 N–H and O–H groups in total. The van der Waals surface area contributed by atoms with Crippen LogP contribution in [0.2, 0.25) is 0 Å². The van der Waals surface area contributed by atoms with Crippen molar-refractivity contribution in [1.29, 1.82) is 0 Å². The highest BCUT2D eigenvalue weighted by molar-refractivity contribution is 7.91. The molecule has 0 bridgehead atoms. The van der Waals surface area contributed by atoms with Gasteiger partial charge in [-0.2, -0.15) is 4.72 Å². The number of nitrogens with zero attached hydrogens (tertiary/aromatic N) is 1. The lowest BCUT2D eigenvalue weighted by Gasteiger charge is -2.29. The molecular formula is C17H18N2O5S2. The maximum absolute atomic E-state index is 12.4. The molecule has 0 fully saturated rings. The fourth-order valence-corrected chi connectivity index (χ4v) is 4.71. The molecule has 1 aliphatic rings. The number of esters is 1. The van der Waals surface area contributed by atoms with Gasteiger partial charge in [0.25, 0.3) is 15.9 Å². The van der Waals surface area contributed by atoms with Crippen LogP contribution >= 0.6 is 11.3 Å². The van der Waals surface area contributed by atoms with Crippen molar-refractivity contribution < 1.29 is 22.7 Å². The summed E-state index contributed by atoms with van der Waals surface area (Å²) in [5, 5.41) is 1.63. The lowest BCUT2D eigenvalue weighted by Crippen LogP contribution is -2.39. The first kappa shape index (κ1) is 18.6. The van der Waals surface area contributed by atoms with Crippen molar-refractivity contribution >= 4 is 38.9 Å². The molecule has 2 aromatic rings. The highest BCUT2D eigenvalue weighted by Gasteiger charge is 2.23. The highest BCUT2D eigenvalue weighted by Crippen LogP contribution is 2.26. The molecule has 7 nitrogen and oxygen atoms in total. The van der Waals surface area contributed by atoms with E-state index in [0.29, 0.717) is 6.54 Å². The average molecular weight is 394 g/mol.